The number of aliphatic imine (C=N–C) groups is 1. The molecule has 3 heterocycles. The second kappa shape index (κ2) is 21.3. The van der Waals surface area contributed by atoms with Crippen molar-refractivity contribution in [3.8, 4) is 5.75 Å². The predicted molar refractivity (Wildman–Crippen MR) is 262 cm³/mol. The maximum atomic E-state index is 14.2. The molecule has 1 saturated heterocycles. The number of fused-ring (bicyclic) bond motifs is 1. The minimum atomic E-state index is -5.00. The number of hydrogen-bond donors (Lipinski definition) is 3. The average Bonchev–Trinajstić information content (AvgIpc) is 3.79. The van der Waals surface area contributed by atoms with Gasteiger partial charge in [-0.25, -0.2) is 4.98 Å². The Labute approximate surface area is 406 Å². The van der Waals surface area contributed by atoms with Crippen molar-refractivity contribution in [2.75, 3.05) is 31.6 Å². The molecule has 0 saturated carbocycles. The standard InChI is InChI=1S/C50H57N7O10S2/c1-48(2,3)66-43(59)22-15-26-52-46(51)56-27-25-34-30-39(24-23-35(34)32-56)64-28-29-65-55-44(42(58)31-40-45(60)57(49(40,4)5)67-69(61,62)63)41-33-68-47(53-41)54-50(36-16-9-6-10-17-36,37-18-11-7-12-19-37)38-20-13-8-14-21-38/h6-14,16-21,23-24,30,33,40H,15,22,25-29,31-32H2,1-5H3,(H2,51,52)(H,53,54)(H,61,62,63)/b55-44-/t40-/m1/s1. The summed E-state index contributed by atoms with van der Waals surface area (Å²) in [5.41, 5.74) is 8.62. The number of aromatic nitrogens is 1. The number of nitrogens with two attached hydrogens (primary N) is 1. The van der Waals surface area contributed by atoms with Crippen molar-refractivity contribution >= 4 is 56.2 Å². The second-order valence-corrected chi connectivity index (χ2v) is 20.0. The number of benzene rings is 4. The first-order valence-corrected chi connectivity index (χ1v) is 24.7. The van der Waals surface area contributed by atoms with E-state index in [1.807, 2.05) is 135 Å². The number of hydroxylamine groups is 2. The van der Waals surface area contributed by atoms with Gasteiger partial charge in [0.05, 0.1) is 11.5 Å². The quantitative estimate of drug-likeness (QED) is 0.0104. The molecule has 4 N–H and O–H groups in total. The number of β-lactam (4-membered cyclic amide) rings is 1. The van der Waals surface area contributed by atoms with E-state index in [0.29, 0.717) is 54.4 Å². The van der Waals surface area contributed by atoms with E-state index in [0.717, 1.165) is 27.8 Å². The first kappa shape index (κ1) is 50.2. The third-order valence-electron chi connectivity index (χ3n) is 11.7. The first-order chi connectivity index (χ1) is 32.8. The van der Waals surface area contributed by atoms with Gasteiger partial charge in [-0.1, -0.05) is 102 Å². The number of ether oxygens (including phenoxy) is 2. The molecule has 1 amide bonds. The van der Waals surface area contributed by atoms with Crippen LogP contribution in [0.25, 0.3) is 0 Å². The summed E-state index contributed by atoms with van der Waals surface area (Å²) in [6.45, 7) is 10.2. The van der Waals surface area contributed by atoms with Crippen LogP contribution in [-0.4, -0.2) is 94.7 Å². The largest absolute Gasteiger partial charge is 0.490 e. The second-order valence-electron chi connectivity index (χ2n) is 18.1. The number of Topliss-reactive ketones (excluding diaryl/α,β-unsaturated/α-hetero) is 1. The minimum absolute atomic E-state index is 0.0548. The van der Waals surface area contributed by atoms with Crippen molar-refractivity contribution < 1.29 is 45.9 Å². The van der Waals surface area contributed by atoms with E-state index >= 15 is 0 Å². The summed E-state index contributed by atoms with van der Waals surface area (Å²) in [7, 11) is -5.00. The van der Waals surface area contributed by atoms with Crippen molar-refractivity contribution in [1.82, 2.24) is 14.9 Å². The number of rotatable bonds is 20. The van der Waals surface area contributed by atoms with E-state index in [4.69, 9.17) is 25.0 Å². The van der Waals surface area contributed by atoms with Crippen LogP contribution in [0.3, 0.4) is 0 Å². The highest BCUT2D eigenvalue weighted by Gasteiger charge is 2.57. The number of esters is 1. The Balaban J connectivity index is 1.06. The van der Waals surface area contributed by atoms with Gasteiger partial charge < -0.3 is 30.3 Å². The number of anilines is 1. The Morgan fingerprint density at radius 3 is 2.13 bits per heavy atom. The number of hydrogen-bond acceptors (Lipinski definition) is 14. The summed E-state index contributed by atoms with van der Waals surface area (Å²) in [6.07, 6.45) is 1.12. The van der Waals surface area contributed by atoms with Gasteiger partial charge in [0, 0.05) is 37.9 Å². The maximum absolute atomic E-state index is 14.2. The van der Waals surface area contributed by atoms with Crippen molar-refractivity contribution in [3.05, 3.63) is 148 Å². The molecule has 17 nitrogen and oxygen atoms in total. The molecule has 4 aromatic carbocycles. The molecule has 1 atom stereocenters. The highest BCUT2D eigenvalue weighted by Crippen LogP contribution is 2.42. The summed E-state index contributed by atoms with van der Waals surface area (Å²) in [4.78, 5) is 56.5. The molecule has 0 bridgehead atoms. The summed E-state index contributed by atoms with van der Waals surface area (Å²) in [5, 5.41) is 10.6. The Hall–Kier alpha value is -6.67. The number of oxime groups is 1. The van der Waals surface area contributed by atoms with Gasteiger partial charge in [0.15, 0.2) is 29.2 Å². The SMILES string of the molecule is CC(C)(C)OC(=O)CCCN=C(N)N1CCc2cc(OCCO/N=C(\C(=O)C[C@@H]3C(=O)N(OS(=O)(=O)O)C3(C)C)c3csc(NC(c4ccccc4)(c4ccccc4)c4ccccc4)n3)ccc2C1. The van der Waals surface area contributed by atoms with E-state index in [1.165, 1.54) is 25.2 Å². The zero-order valence-corrected chi connectivity index (χ0v) is 40.8. The smallest absolute Gasteiger partial charge is 0.418 e. The van der Waals surface area contributed by atoms with Crippen LogP contribution in [0, 0.1) is 5.92 Å². The average molecular weight is 980 g/mol. The van der Waals surface area contributed by atoms with Crippen LogP contribution in [0.4, 0.5) is 5.13 Å². The van der Waals surface area contributed by atoms with Crippen molar-refractivity contribution in [2.45, 2.75) is 83.5 Å². The van der Waals surface area contributed by atoms with E-state index in [2.05, 4.69) is 19.7 Å². The Kier molecular flexibility index (Phi) is 15.5. The number of nitrogens with zero attached hydrogens (tertiary/aromatic N) is 5. The highest BCUT2D eigenvalue weighted by atomic mass is 32.3. The number of ketones is 1. The lowest BCUT2D eigenvalue weighted by Crippen LogP contribution is -2.68. The van der Waals surface area contributed by atoms with Gasteiger partial charge in [-0.15, -0.1) is 15.6 Å². The summed E-state index contributed by atoms with van der Waals surface area (Å²) < 4.78 is 48.2. The molecule has 69 heavy (non-hydrogen) atoms. The molecule has 1 aromatic heterocycles. The van der Waals surface area contributed by atoms with Crippen LogP contribution in [0.2, 0.25) is 0 Å². The first-order valence-electron chi connectivity index (χ1n) is 22.5. The molecule has 2 aliphatic rings. The van der Waals surface area contributed by atoms with Gasteiger partial charge in [0.1, 0.15) is 29.2 Å². The van der Waals surface area contributed by atoms with Crippen molar-refractivity contribution in [1.29, 1.82) is 0 Å². The fraction of sp³-hybridized carbons (Fsp3) is 0.360. The molecule has 7 rings (SSSR count). The van der Waals surface area contributed by atoms with Gasteiger partial charge >= 0.3 is 16.4 Å². The Morgan fingerprint density at radius 2 is 1.55 bits per heavy atom. The Morgan fingerprint density at radius 1 is 0.928 bits per heavy atom. The third kappa shape index (κ3) is 12.3. The van der Waals surface area contributed by atoms with E-state index in [1.54, 1.807) is 5.38 Å². The van der Waals surface area contributed by atoms with Gasteiger partial charge in [-0.3, -0.25) is 23.9 Å². The zero-order valence-electron chi connectivity index (χ0n) is 39.2. The fourth-order valence-electron chi connectivity index (χ4n) is 8.30. The molecular weight excluding hydrogens is 923 g/mol. The van der Waals surface area contributed by atoms with Crippen molar-refractivity contribution in [2.24, 2.45) is 21.8 Å². The van der Waals surface area contributed by atoms with E-state index in [9.17, 15) is 27.4 Å². The summed E-state index contributed by atoms with van der Waals surface area (Å²) in [6, 6.07) is 35.6. The number of amides is 1. The van der Waals surface area contributed by atoms with Crippen LogP contribution < -0.4 is 15.8 Å². The maximum Gasteiger partial charge on any atom is 0.418 e. The molecular formula is C50H57N7O10S2. The molecule has 364 valence electrons. The normalized spacial score (nSPS) is 16.3. The predicted octanol–water partition coefficient (Wildman–Crippen LogP) is 7.07. The number of carbonyl (C=O) groups excluding carboxylic acids is 3. The molecule has 1 fully saturated rings. The topological polar surface area (TPSA) is 225 Å². The van der Waals surface area contributed by atoms with Crippen LogP contribution >= 0.6 is 11.3 Å². The minimum Gasteiger partial charge on any atom is -0.490 e. The van der Waals surface area contributed by atoms with Crippen LogP contribution in [-0.2, 0) is 57.1 Å². The van der Waals surface area contributed by atoms with Crippen LogP contribution in [0.15, 0.2) is 125 Å². The van der Waals surface area contributed by atoms with Crippen LogP contribution in [0.5, 0.6) is 5.75 Å². The summed E-state index contributed by atoms with van der Waals surface area (Å²) in [5.74, 6) is -1.65. The fourth-order valence-corrected chi connectivity index (χ4v) is 9.51. The summed E-state index contributed by atoms with van der Waals surface area (Å²) >= 11 is 1.26. The molecule has 5 aromatic rings. The van der Waals surface area contributed by atoms with Gasteiger partial charge in [0.25, 0.3) is 5.91 Å². The third-order valence-corrected chi connectivity index (χ3v) is 12.8. The van der Waals surface area contributed by atoms with Crippen LogP contribution in [0.1, 0.15) is 87.4 Å². The monoisotopic (exact) mass is 979 g/mol. The lowest BCUT2D eigenvalue weighted by atomic mass is 9.74. The number of guanidine groups is 1. The van der Waals surface area contributed by atoms with Gasteiger partial charge in [0.2, 0.25) is 0 Å². The number of nitrogens with one attached hydrogen (secondary N) is 1. The molecule has 0 radical (unpaired) electrons. The Bertz CT molecular complexity index is 2680. The van der Waals surface area contributed by atoms with Gasteiger partial charge in [-0.2, -0.15) is 13.5 Å². The molecule has 2 aliphatic heterocycles. The highest BCUT2D eigenvalue weighted by molar-refractivity contribution is 7.80. The lowest BCUT2D eigenvalue weighted by Gasteiger charge is -2.50. The van der Waals surface area contributed by atoms with E-state index < -0.39 is 51.1 Å². The number of carbonyl (C=O) groups is 3. The molecule has 0 aliphatic carbocycles. The zero-order chi connectivity index (χ0) is 49.4. The molecule has 0 spiro atoms. The van der Waals surface area contributed by atoms with Crippen molar-refractivity contribution in [3.63, 3.8) is 0 Å². The lowest BCUT2D eigenvalue weighted by molar-refractivity contribution is -0.228. The van der Waals surface area contributed by atoms with E-state index in [-0.39, 0.29) is 37.0 Å². The number of thiazole rings is 1. The molecule has 0 unspecified atom stereocenters. The molecule has 19 heteroatoms. The van der Waals surface area contributed by atoms with Gasteiger partial charge in [-0.05, 0) is 87.4 Å².